The predicted octanol–water partition coefficient (Wildman–Crippen LogP) is 3.18. The van der Waals surface area contributed by atoms with Gasteiger partial charge in [-0.15, -0.1) is 0 Å². The van der Waals surface area contributed by atoms with Crippen LogP contribution in [-0.2, 0) is 6.42 Å². The van der Waals surface area contributed by atoms with E-state index in [4.69, 9.17) is 10.00 Å². The van der Waals surface area contributed by atoms with Gasteiger partial charge in [0.05, 0.1) is 12.2 Å². The van der Waals surface area contributed by atoms with Crippen LogP contribution in [0.4, 0.5) is 0 Å². The molecule has 0 spiro atoms. The Kier molecular flexibility index (Phi) is 3.77. The molecule has 0 fully saturated rings. The molecule has 0 amide bonds. The van der Waals surface area contributed by atoms with E-state index in [2.05, 4.69) is 18.2 Å². The summed E-state index contributed by atoms with van der Waals surface area (Å²) in [4.78, 5) is 0. The Hall–Kier alpha value is -2.27. The van der Waals surface area contributed by atoms with Gasteiger partial charge in [-0.1, -0.05) is 42.5 Å². The molecule has 2 aromatic carbocycles. The summed E-state index contributed by atoms with van der Waals surface area (Å²) in [5.74, 6) is 0.658. The first-order chi connectivity index (χ1) is 8.40. The van der Waals surface area contributed by atoms with Gasteiger partial charge in [-0.3, -0.25) is 0 Å². The smallest absolute Gasteiger partial charge is 0.137 e. The van der Waals surface area contributed by atoms with Crippen LogP contribution in [0, 0.1) is 11.3 Å². The van der Waals surface area contributed by atoms with E-state index in [9.17, 15) is 0 Å². The van der Waals surface area contributed by atoms with E-state index in [1.165, 1.54) is 5.56 Å². The fraction of sp³-hybridized carbons (Fsp3) is 0.133. The Labute approximate surface area is 101 Å². The standard InChI is InChI=1S/C15H13NO/c16-12-14-8-4-5-9-15(14)17-11-10-13-6-2-1-3-7-13/h1-9H,10-11H2. The van der Waals surface area contributed by atoms with Gasteiger partial charge in [-0.05, 0) is 17.7 Å². The van der Waals surface area contributed by atoms with Gasteiger partial charge in [0.25, 0.3) is 0 Å². The van der Waals surface area contributed by atoms with Crippen molar-refractivity contribution in [3.05, 3.63) is 65.7 Å². The number of rotatable bonds is 4. The second-order valence-corrected chi connectivity index (χ2v) is 3.69. The summed E-state index contributed by atoms with van der Waals surface area (Å²) in [6.45, 7) is 0.586. The molecule has 0 aliphatic heterocycles. The zero-order chi connectivity index (χ0) is 11.9. The Bertz CT molecular complexity index is 514. The maximum atomic E-state index is 8.90. The Morgan fingerprint density at radius 2 is 1.65 bits per heavy atom. The van der Waals surface area contributed by atoms with E-state index >= 15 is 0 Å². The summed E-state index contributed by atoms with van der Waals surface area (Å²) >= 11 is 0. The number of para-hydroxylation sites is 1. The van der Waals surface area contributed by atoms with E-state index in [0.29, 0.717) is 17.9 Å². The molecule has 0 N–H and O–H groups in total. The second-order valence-electron chi connectivity index (χ2n) is 3.69. The highest BCUT2D eigenvalue weighted by Crippen LogP contribution is 2.16. The number of hydrogen-bond acceptors (Lipinski definition) is 2. The van der Waals surface area contributed by atoms with Crippen LogP contribution >= 0.6 is 0 Å². The van der Waals surface area contributed by atoms with E-state index < -0.39 is 0 Å². The number of ether oxygens (including phenoxy) is 1. The minimum atomic E-state index is 0.584. The minimum absolute atomic E-state index is 0.584. The third-order valence-corrected chi connectivity index (χ3v) is 2.50. The topological polar surface area (TPSA) is 33.0 Å². The van der Waals surface area contributed by atoms with E-state index in [1.807, 2.05) is 36.4 Å². The van der Waals surface area contributed by atoms with Gasteiger partial charge in [0.2, 0.25) is 0 Å². The molecule has 2 rings (SSSR count). The van der Waals surface area contributed by atoms with Crippen LogP contribution in [0.2, 0.25) is 0 Å². The number of nitrogens with zero attached hydrogens (tertiary/aromatic N) is 1. The quantitative estimate of drug-likeness (QED) is 0.797. The average Bonchev–Trinajstić information content (AvgIpc) is 2.40. The van der Waals surface area contributed by atoms with Crippen LogP contribution < -0.4 is 4.74 Å². The fourth-order valence-electron chi connectivity index (χ4n) is 1.61. The van der Waals surface area contributed by atoms with Gasteiger partial charge >= 0.3 is 0 Å². The van der Waals surface area contributed by atoms with Crippen LogP contribution in [0.25, 0.3) is 0 Å². The monoisotopic (exact) mass is 223 g/mol. The normalized spacial score (nSPS) is 9.59. The summed E-state index contributed by atoms with van der Waals surface area (Å²) < 4.78 is 5.61. The molecule has 0 aliphatic rings. The molecule has 17 heavy (non-hydrogen) atoms. The SMILES string of the molecule is N#Cc1ccccc1OCCc1ccccc1. The molecule has 0 bridgehead atoms. The highest BCUT2D eigenvalue weighted by Gasteiger charge is 2.01. The molecule has 2 heteroatoms. The molecule has 2 aromatic rings. The van der Waals surface area contributed by atoms with Crippen molar-refractivity contribution in [3.63, 3.8) is 0 Å². The summed E-state index contributed by atoms with van der Waals surface area (Å²) in [6.07, 6.45) is 0.848. The van der Waals surface area contributed by atoms with Gasteiger partial charge in [-0.2, -0.15) is 5.26 Å². The van der Waals surface area contributed by atoms with Crippen molar-refractivity contribution in [1.29, 1.82) is 5.26 Å². The zero-order valence-electron chi connectivity index (χ0n) is 9.47. The van der Waals surface area contributed by atoms with Crippen molar-refractivity contribution in [2.24, 2.45) is 0 Å². The van der Waals surface area contributed by atoms with Crippen molar-refractivity contribution in [1.82, 2.24) is 0 Å². The Morgan fingerprint density at radius 3 is 2.41 bits per heavy atom. The second kappa shape index (κ2) is 5.72. The van der Waals surface area contributed by atoms with Crippen molar-refractivity contribution in [3.8, 4) is 11.8 Å². The van der Waals surface area contributed by atoms with Gasteiger partial charge < -0.3 is 4.74 Å². The molecule has 84 valence electrons. The predicted molar refractivity (Wildman–Crippen MR) is 66.8 cm³/mol. The van der Waals surface area contributed by atoms with E-state index in [-0.39, 0.29) is 0 Å². The first kappa shape index (κ1) is 11.2. The lowest BCUT2D eigenvalue weighted by Crippen LogP contribution is -2.02. The van der Waals surface area contributed by atoms with Gasteiger partial charge in [0, 0.05) is 6.42 Å². The zero-order valence-corrected chi connectivity index (χ0v) is 9.47. The summed E-state index contributed by atoms with van der Waals surface area (Å²) in [5, 5.41) is 8.90. The maximum Gasteiger partial charge on any atom is 0.137 e. The number of benzene rings is 2. The molecule has 0 atom stereocenters. The third kappa shape index (κ3) is 3.09. The van der Waals surface area contributed by atoms with Crippen molar-refractivity contribution in [2.45, 2.75) is 6.42 Å². The first-order valence-electron chi connectivity index (χ1n) is 5.56. The Balaban J connectivity index is 1.93. The summed E-state index contributed by atoms with van der Waals surface area (Å²) in [6, 6.07) is 19.6. The lowest BCUT2D eigenvalue weighted by atomic mass is 10.2. The van der Waals surface area contributed by atoms with Crippen LogP contribution in [0.5, 0.6) is 5.75 Å². The molecular formula is C15H13NO. The molecule has 2 nitrogen and oxygen atoms in total. The number of nitriles is 1. The van der Waals surface area contributed by atoms with Gasteiger partial charge in [0.1, 0.15) is 11.8 Å². The third-order valence-electron chi connectivity index (χ3n) is 2.50. The van der Waals surface area contributed by atoms with Crippen LogP contribution in [0.15, 0.2) is 54.6 Å². The first-order valence-corrected chi connectivity index (χ1v) is 5.56. The molecule has 0 aliphatic carbocycles. The maximum absolute atomic E-state index is 8.90. The summed E-state index contributed by atoms with van der Waals surface area (Å²) in [5.41, 5.74) is 1.82. The molecule has 0 unspecified atom stereocenters. The molecule has 0 radical (unpaired) electrons. The number of hydrogen-bond donors (Lipinski definition) is 0. The van der Waals surface area contributed by atoms with Crippen molar-refractivity contribution in [2.75, 3.05) is 6.61 Å². The minimum Gasteiger partial charge on any atom is -0.492 e. The van der Waals surface area contributed by atoms with E-state index in [0.717, 1.165) is 6.42 Å². The van der Waals surface area contributed by atoms with Crippen LogP contribution in [-0.4, -0.2) is 6.61 Å². The molecule has 0 saturated heterocycles. The van der Waals surface area contributed by atoms with Crippen molar-refractivity contribution >= 4 is 0 Å². The van der Waals surface area contributed by atoms with E-state index in [1.54, 1.807) is 6.07 Å². The molecule has 0 heterocycles. The van der Waals surface area contributed by atoms with Gasteiger partial charge in [-0.25, -0.2) is 0 Å². The van der Waals surface area contributed by atoms with Gasteiger partial charge in [0.15, 0.2) is 0 Å². The fourth-order valence-corrected chi connectivity index (χ4v) is 1.61. The highest BCUT2D eigenvalue weighted by atomic mass is 16.5. The van der Waals surface area contributed by atoms with Crippen LogP contribution in [0.3, 0.4) is 0 Å². The Morgan fingerprint density at radius 1 is 0.941 bits per heavy atom. The molecular weight excluding hydrogens is 210 g/mol. The highest BCUT2D eigenvalue weighted by molar-refractivity contribution is 5.42. The lowest BCUT2D eigenvalue weighted by molar-refractivity contribution is 0.321. The summed E-state index contributed by atoms with van der Waals surface area (Å²) in [7, 11) is 0. The van der Waals surface area contributed by atoms with Crippen LogP contribution in [0.1, 0.15) is 11.1 Å². The lowest BCUT2D eigenvalue weighted by Gasteiger charge is -2.07. The van der Waals surface area contributed by atoms with Crippen molar-refractivity contribution < 1.29 is 4.74 Å². The molecule has 0 saturated carbocycles. The largest absolute Gasteiger partial charge is 0.492 e. The molecule has 0 aromatic heterocycles. The average molecular weight is 223 g/mol.